The molecule has 1 N–H and O–H groups in total. The van der Waals surface area contributed by atoms with Gasteiger partial charge in [0, 0.05) is 6.07 Å². The molecule has 0 atom stereocenters. The van der Waals surface area contributed by atoms with Crippen LogP contribution in [0.3, 0.4) is 0 Å². The summed E-state index contributed by atoms with van der Waals surface area (Å²) in [5, 5.41) is 27.8. The average molecular weight is 246 g/mol. The first kappa shape index (κ1) is 12.9. The van der Waals surface area contributed by atoms with E-state index in [2.05, 4.69) is 0 Å². The van der Waals surface area contributed by atoms with Gasteiger partial charge in [0.25, 0.3) is 5.69 Å². The summed E-state index contributed by atoms with van der Waals surface area (Å²) >= 11 is 0. The molecule has 17 heavy (non-hydrogen) atoms. The Balaban J connectivity index is 3.59. The molecule has 0 radical (unpaired) electrons. The Bertz CT molecular complexity index is 505. The fourth-order valence-corrected chi connectivity index (χ4v) is 1.25. The van der Waals surface area contributed by atoms with E-state index in [4.69, 9.17) is 10.4 Å². The lowest BCUT2D eigenvalue weighted by Gasteiger charge is -2.09. The molecule has 0 saturated heterocycles. The van der Waals surface area contributed by atoms with Gasteiger partial charge in [0.15, 0.2) is 0 Å². The molecule has 0 bridgehead atoms. The van der Waals surface area contributed by atoms with Crippen molar-refractivity contribution in [1.82, 2.24) is 0 Å². The third-order valence-corrected chi connectivity index (χ3v) is 2.01. The van der Waals surface area contributed by atoms with Gasteiger partial charge in [-0.15, -0.1) is 0 Å². The maximum atomic E-state index is 12.5. The Morgan fingerprint density at radius 2 is 2.06 bits per heavy atom. The van der Waals surface area contributed by atoms with E-state index in [1.54, 1.807) is 0 Å². The number of aliphatic hydroxyl groups excluding tert-OH is 1. The summed E-state index contributed by atoms with van der Waals surface area (Å²) in [5.74, 6) is 0. The Morgan fingerprint density at radius 3 is 2.41 bits per heavy atom. The van der Waals surface area contributed by atoms with E-state index in [1.807, 2.05) is 0 Å². The Hall–Kier alpha value is -2.14. The van der Waals surface area contributed by atoms with Crippen LogP contribution in [-0.2, 0) is 12.8 Å². The van der Waals surface area contributed by atoms with Crippen molar-refractivity contribution in [1.29, 1.82) is 5.26 Å². The highest BCUT2D eigenvalue weighted by Gasteiger charge is 2.39. The van der Waals surface area contributed by atoms with Gasteiger partial charge in [-0.2, -0.15) is 18.4 Å². The van der Waals surface area contributed by atoms with Crippen molar-refractivity contribution in [3.05, 3.63) is 38.9 Å². The molecule has 0 saturated carbocycles. The SMILES string of the molecule is N#Cc1cc([N+](=O)[O-])c(C(F)(F)F)cc1CO. The fourth-order valence-electron chi connectivity index (χ4n) is 1.25. The standard InChI is InChI=1S/C9H5F3N2O3/c10-9(11,12)7-1-6(4-15)5(3-13)2-8(7)14(16)17/h1-2,15H,4H2. The van der Waals surface area contributed by atoms with Crippen molar-refractivity contribution in [2.45, 2.75) is 12.8 Å². The van der Waals surface area contributed by atoms with Crippen molar-refractivity contribution in [2.75, 3.05) is 0 Å². The molecular formula is C9H5F3N2O3. The van der Waals surface area contributed by atoms with Crippen molar-refractivity contribution in [2.24, 2.45) is 0 Å². The van der Waals surface area contributed by atoms with E-state index < -0.39 is 29.0 Å². The molecule has 0 amide bonds. The molecule has 0 spiro atoms. The van der Waals surface area contributed by atoms with Crippen LogP contribution in [0.5, 0.6) is 0 Å². The summed E-state index contributed by atoms with van der Waals surface area (Å²) in [6.07, 6.45) is -4.92. The minimum atomic E-state index is -4.92. The number of nitriles is 1. The van der Waals surface area contributed by atoms with Gasteiger partial charge in [-0.1, -0.05) is 0 Å². The number of nitro benzene ring substituents is 1. The second-order valence-electron chi connectivity index (χ2n) is 3.05. The van der Waals surface area contributed by atoms with Crippen LogP contribution in [0.2, 0.25) is 0 Å². The zero-order valence-electron chi connectivity index (χ0n) is 8.15. The molecule has 1 rings (SSSR count). The monoisotopic (exact) mass is 246 g/mol. The summed E-state index contributed by atoms with van der Waals surface area (Å²) in [6.45, 7) is -0.802. The lowest BCUT2D eigenvalue weighted by Crippen LogP contribution is -2.10. The van der Waals surface area contributed by atoms with Crippen molar-refractivity contribution >= 4 is 5.69 Å². The molecule has 0 aliphatic rings. The molecule has 0 heterocycles. The maximum absolute atomic E-state index is 12.5. The highest BCUT2D eigenvalue weighted by atomic mass is 19.4. The quantitative estimate of drug-likeness (QED) is 0.638. The zero-order chi connectivity index (χ0) is 13.2. The summed E-state index contributed by atoms with van der Waals surface area (Å²) in [5.41, 5.74) is -3.34. The first-order valence-electron chi connectivity index (χ1n) is 4.20. The molecule has 0 fully saturated rings. The van der Waals surface area contributed by atoms with Gasteiger partial charge in [0.2, 0.25) is 0 Å². The Kier molecular flexibility index (Phi) is 3.34. The number of nitro groups is 1. The van der Waals surface area contributed by atoms with Gasteiger partial charge in [-0.05, 0) is 11.6 Å². The smallest absolute Gasteiger partial charge is 0.392 e. The molecule has 0 unspecified atom stereocenters. The third-order valence-electron chi connectivity index (χ3n) is 2.01. The number of halogens is 3. The van der Waals surface area contributed by atoms with Crippen molar-refractivity contribution < 1.29 is 23.2 Å². The van der Waals surface area contributed by atoms with Gasteiger partial charge in [-0.3, -0.25) is 10.1 Å². The predicted octanol–water partition coefficient (Wildman–Crippen LogP) is 1.98. The molecule has 0 aromatic heterocycles. The molecule has 1 aromatic rings. The lowest BCUT2D eigenvalue weighted by molar-refractivity contribution is -0.388. The minimum Gasteiger partial charge on any atom is -0.392 e. The van der Waals surface area contributed by atoms with E-state index >= 15 is 0 Å². The van der Waals surface area contributed by atoms with Gasteiger partial charge in [-0.25, -0.2) is 0 Å². The van der Waals surface area contributed by atoms with Crippen molar-refractivity contribution in [3.63, 3.8) is 0 Å². The third kappa shape index (κ3) is 2.51. The van der Waals surface area contributed by atoms with Crippen LogP contribution in [0.1, 0.15) is 16.7 Å². The Labute approximate surface area is 92.9 Å². The van der Waals surface area contributed by atoms with E-state index in [0.717, 1.165) is 0 Å². The van der Waals surface area contributed by atoms with Gasteiger partial charge < -0.3 is 5.11 Å². The van der Waals surface area contributed by atoms with Gasteiger partial charge in [0.1, 0.15) is 5.56 Å². The van der Waals surface area contributed by atoms with E-state index in [1.165, 1.54) is 6.07 Å². The van der Waals surface area contributed by atoms with Crippen LogP contribution in [0.25, 0.3) is 0 Å². The van der Waals surface area contributed by atoms with E-state index in [-0.39, 0.29) is 11.1 Å². The number of hydrogen-bond acceptors (Lipinski definition) is 4. The summed E-state index contributed by atoms with van der Waals surface area (Å²) in [6, 6.07) is 2.41. The van der Waals surface area contributed by atoms with E-state index in [0.29, 0.717) is 12.1 Å². The normalized spacial score (nSPS) is 11.0. The number of alkyl halides is 3. The molecule has 90 valence electrons. The molecule has 5 nitrogen and oxygen atoms in total. The minimum absolute atomic E-state index is 0.301. The van der Waals surface area contributed by atoms with Crippen molar-refractivity contribution in [3.8, 4) is 6.07 Å². The molecule has 1 aromatic carbocycles. The molecule has 0 aliphatic carbocycles. The van der Waals surface area contributed by atoms with E-state index in [9.17, 15) is 23.3 Å². The first-order chi connectivity index (χ1) is 7.81. The summed E-state index contributed by atoms with van der Waals surface area (Å²) in [7, 11) is 0. The molecule has 8 heteroatoms. The number of aliphatic hydroxyl groups is 1. The predicted molar refractivity (Wildman–Crippen MR) is 48.7 cm³/mol. The Morgan fingerprint density at radius 1 is 1.47 bits per heavy atom. The number of hydrogen-bond donors (Lipinski definition) is 1. The van der Waals surface area contributed by atoms with Crippen LogP contribution >= 0.6 is 0 Å². The first-order valence-corrected chi connectivity index (χ1v) is 4.20. The summed E-state index contributed by atoms with van der Waals surface area (Å²) in [4.78, 5) is 9.25. The lowest BCUT2D eigenvalue weighted by atomic mass is 10.0. The van der Waals surface area contributed by atoms with Crippen LogP contribution in [0.4, 0.5) is 18.9 Å². The number of rotatable bonds is 2. The van der Waals surface area contributed by atoms with Crippen LogP contribution in [-0.4, -0.2) is 10.0 Å². The average Bonchev–Trinajstić information content (AvgIpc) is 2.25. The fraction of sp³-hybridized carbons (Fsp3) is 0.222. The number of nitrogens with zero attached hydrogens (tertiary/aromatic N) is 2. The van der Waals surface area contributed by atoms with Gasteiger partial charge in [0.05, 0.1) is 23.2 Å². The molecular weight excluding hydrogens is 241 g/mol. The number of benzene rings is 1. The van der Waals surface area contributed by atoms with Crippen LogP contribution in [0, 0.1) is 21.4 Å². The topological polar surface area (TPSA) is 87.2 Å². The molecule has 0 aliphatic heterocycles. The summed E-state index contributed by atoms with van der Waals surface area (Å²) < 4.78 is 37.5. The van der Waals surface area contributed by atoms with Crippen LogP contribution in [0.15, 0.2) is 12.1 Å². The second-order valence-corrected chi connectivity index (χ2v) is 3.05. The van der Waals surface area contributed by atoms with Gasteiger partial charge >= 0.3 is 6.18 Å². The highest BCUT2D eigenvalue weighted by Crippen LogP contribution is 2.37. The highest BCUT2D eigenvalue weighted by molar-refractivity contribution is 5.52. The zero-order valence-corrected chi connectivity index (χ0v) is 8.15. The van der Waals surface area contributed by atoms with Crippen LogP contribution < -0.4 is 0 Å². The maximum Gasteiger partial charge on any atom is 0.423 e. The second kappa shape index (κ2) is 4.39. The largest absolute Gasteiger partial charge is 0.423 e.